The molecule has 4 N–H and O–H groups in total. The molecule has 0 bridgehead atoms. The first-order chi connectivity index (χ1) is 7.66. The number of ether oxygens (including phenoxy) is 1. The molecule has 0 saturated carbocycles. The summed E-state index contributed by atoms with van der Waals surface area (Å²) in [5.74, 6) is -0.163. The van der Waals surface area contributed by atoms with Gasteiger partial charge in [-0.05, 0) is 12.1 Å². The maximum Gasteiger partial charge on any atom is 0.280 e. The molecule has 0 fully saturated rings. The van der Waals surface area contributed by atoms with E-state index >= 15 is 0 Å². The van der Waals surface area contributed by atoms with Crippen molar-refractivity contribution in [3.63, 3.8) is 0 Å². The maximum absolute atomic E-state index is 11.1. The monoisotopic (exact) mass is 235 g/mol. The zero-order valence-electron chi connectivity index (χ0n) is 8.21. The first-order valence-corrected chi connectivity index (χ1v) is 5.26. The van der Waals surface area contributed by atoms with Crippen LogP contribution < -0.4 is 16.2 Å². The van der Waals surface area contributed by atoms with Gasteiger partial charge >= 0.3 is 0 Å². The minimum absolute atomic E-state index is 0.316. The van der Waals surface area contributed by atoms with Crippen LogP contribution in [-0.4, -0.2) is 10.9 Å². The molecule has 1 amide bonds. The van der Waals surface area contributed by atoms with Crippen LogP contribution in [0.4, 0.5) is 5.00 Å². The molecule has 0 aliphatic rings. The number of rotatable bonds is 3. The van der Waals surface area contributed by atoms with Crippen molar-refractivity contribution in [2.24, 2.45) is 5.73 Å². The molecule has 0 aliphatic heterocycles. The highest BCUT2D eigenvalue weighted by atomic mass is 32.1. The van der Waals surface area contributed by atoms with Crippen molar-refractivity contribution >= 4 is 22.2 Å². The molecule has 16 heavy (non-hydrogen) atoms. The number of hydrogen-bond acceptors (Lipinski definition) is 5. The number of nitrogen functional groups attached to an aromatic ring is 1. The van der Waals surface area contributed by atoms with Crippen LogP contribution in [-0.2, 0) is 0 Å². The summed E-state index contributed by atoms with van der Waals surface area (Å²) in [6.45, 7) is 0. The second kappa shape index (κ2) is 4.19. The van der Waals surface area contributed by atoms with E-state index in [2.05, 4.69) is 4.98 Å². The maximum atomic E-state index is 11.1. The quantitative estimate of drug-likeness (QED) is 0.845. The van der Waals surface area contributed by atoms with Gasteiger partial charge in [0, 0.05) is 0 Å². The fourth-order valence-corrected chi connectivity index (χ4v) is 1.71. The number of thiazole rings is 1. The summed E-state index contributed by atoms with van der Waals surface area (Å²) in [4.78, 5) is 15.0. The van der Waals surface area contributed by atoms with Crippen molar-refractivity contribution in [3.8, 4) is 10.9 Å². The molecule has 2 aromatic rings. The highest BCUT2D eigenvalue weighted by molar-refractivity contribution is 7.17. The second-order valence-corrected chi connectivity index (χ2v) is 4.02. The summed E-state index contributed by atoms with van der Waals surface area (Å²) in [6, 6.07) is 6.70. The molecule has 0 aliphatic carbocycles. The van der Waals surface area contributed by atoms with E-state index in [1.54, 1.807) is 24.3 Å². The highest BCUT2D eigenvalue weighted by Crippen LogP contribution is 2.29. The lowest BCUT2D eigenvalue weighted by Crippen LogP contribution is -2.11. The summed E-state index contributed by atoms with van der Waals surface area (Å²) in [7, 11) is 0. The molecule has 0 saturated heterocycles. The molecule has 1 aromatic heterocycles. The van der Waals surface area contributed by atoms with Gasteiger partial charge in [0.05, 0.1) is 11.8 Å². The fraction of sp³-hybridized carbons (Fsp3) is 0. The Bertz CT molecular complexity index is 524. The largest absolute Gasteiger partial charge is 0.430 e. The van der Waals surface area contributed by atoms with Gasteiger partial charge in [-0.1, -0.05) is 23.5 Å². The lowest BCUT2D eigenvalue weighted by atomic mass is 10.2. The van der Waals surface area contributed by atoms with Crippen LogP contribution in [0.25, 0.3) is 0 Å². The lowest BCUT2D eigenvalue weighted by Gasteiger charge is -2.05. The Labute approximate surface area is 95.7 Å². The smallest absolute Gasteiger partial charge is 0.280 e. The van der Waals surface area contributed by atoms with E-state index in [0.29, 0.717) is 21.5 Å². The van der Waals surface area contributed by atoms with Crippen LogP contribution in [0.1, 0.15) is 10.4 Å². The number of hydrogen-bond donors (Lipinski definition) is 2. The molecule has 6 heteroatoms. The molecule has 0 radical (unpaired) electrons. The van der Waals surface area contributed by atoms with Crippen LogP contribution in [0.2, 0.25) is 0 Å². The standard InChI is InChI=1S/C10H9N3O2S/c11-8-5-13-10(16-8)15-7-4-2-1-3-6(7)9(12)14/h1-5H,11H2,(H2,12,14). The van der Waals surface area contributed by atoms with E-state index < -0.39 is 5.91 Å². The van der Waals surface area contributed by atoms with Gasteiger partial charge in [0.15, 0.2) is 0 Å². The van der Waals surface area contributed by atoms with Gasteiger partial charge < -0.3 is 16.2 Å². The molecule has 1 aromatic carbocycles. The topological polar surface area (TPSA) is 91.2 Å². The van der Waals surface area contributed by atoms with Crippen molar-refractivity contribution in [2.75, 3.05) is 5.73 Å². The van der Waals surface area contributed by atoms with Crippen molar-refractivity contribution < 1.29 is 9.53 Å². The van der Waals surface area contributed by atoms with E-state index in [4.69, 9.17) is 16.2 Å². The number of primary amides is 1. The minimum Gasteiger partial charge on any atom is -0.430 e. The van der Waals surface area contributed by atoms with E-state index in [1.165, 1.54) is 17.5 Å². The molecule has 2 rings (SSSR count). The number of carbonyl (C=O) groups is 1. The molecular weight excluding hydrogens is 226 g/mol. The number of amides is 1. The summed E-state index contributed by atoms with van der Waals surface area (Å²) in [5, 5.41) is 0.928. The number of nitrogens with zero attached hydrogens (tertiary/aromatic N) is 1. The Kier molecular flexibility index (Phi) is 2.74. The Morgan fingerprint density at radius 1 is 1.38 bits per heavy atom. The summed E-state index contributed by atoms with van der Waals surface area (Å²) < 4.78 is 5.42. The van der Waals surface area contributed by atoms with Gasteiger partial charge in [-0.2, -0.15) is 0 Å². The van der Waals surface area contributed by atoms with Crippen LogP contribution in [0, 0.1) is 0 Å². The Balaban J connectivity index is 2.31. The summed E-state index contributed by atoms with van der Waals surface area (Å²) in [6.07, 6.45) is 1.49. The van der Waals surface area contributed by atoms with E-state index in [1.807, 2.05) is 0 Å². The van der Waals surface area contributed by atoms with Gasteiger partial charge in [0.2, 0.25) is 0 Å². The zero-order valence-corrected chi connectivity index (χ0v) is 9.03. The average molecular weight is 235 g/mol. The van der Waals surface area contributed by atoms with Gasteiger partial charge in [-0.15, -0.1) is 0 Å². The van der Waals surface area contributed by atoms with Gasteiger partial charge in [-0.3, -0.25) is 4.79 Å². The lowest BCUT2D eigenvalue weighted by molar-refractivity contribution is 0.0998. The Morgan fingerprint density at radius 2 is 2.12 bits per heavy atom. The van der Waals surface area contributed by atoms with E-state index in [9.17, 15) is 4.79 Å². The Hall–Kier alpha value is -2.08. The SMILES string of the molecule is NC(=O)c1ccccc1Oc1ncc(N)s1. The molecule has 0 spiro atoms. The normalized spacial score (nSPS) is 10.0. The third-order valence-corrected chi connectivity index (χ3v) is 2.56. The van der Waals surface area contributed by atoms with Crippen LogP contribution in [0.5, 0.6) is 10.9 Å². The first kappa shape index (κ1) is 10.4. The third kappa shape index (κ3) is 2.12. The predicted octanol–water partition coefficient (Wildman–Crippen LogP) is 1.62. The molecule has 82 valence electrons. The van der Waals surface area contributed by atoms with Crippen molar-refractivity contribution in [2.45, 2.75) is 0 Å². The second-order valence-electron chi connectivity index (χ2n) is 2.99. The highest BCUT2D eigenvalue weighted by Gasteiger charge is 2.10. The van der Waals surface area contributed by atoms with Crippen molar-refractivity contribution in [3.05, 3.63) is 36.0 Å². The number of anilines is 1. The third-order valence-electron chi connectivity index (χ3n) is 1.85. The van der Waals surface area contributed by atoms with Crippen molar-refractivity contribution in [1.29, 1.82) is 0 Å². The number of para-hydroxylation sites is 1. The number of carbonyl (C=O) groups excluding carboxylic acids is 1. The molecular formula is C10H9N3O2S. The van der Waals surface area contributed by atoms with Crippen molar-refractivity contribution in [1.82, 2.24) is 4.98 Å². The van der Waals surface area contributed by atoms with Gasteiger partial charge in [0.25, 0.3) is 11.1 Å². The average Bonchev–Trinajstić information content (AvgIpc) is 2.64. The minimum atomic E-state index is -0.542. The van der Waals surface area contributed by atoms with E-state index in [0.717, 1.165) is 0 Å². The molecule has 5 nitrogen and oxygen atoms in total. The molecule has 0 atom stereocenters. The summed E-state index contributed by atoms with van der Waals surface area (Å²) >= 11 is 1.20. The van der Waals surface area contributed by atoms with Crippen LogP contribution in [0.15, 0.2) is 30.5 Å². The fourth-order valence-electron chi connectivity index (χ4n) is 1.17. The molecule has 1 heterocycles. The number of aromatic nitrogens is 1. The van der Waals surface area contributed by atoms with E-state index in [-0.39, 0.29) is 0 Å². The van der Waals surface area contributed by atoms with Gasteiger partial charge in [0.1, 0.15) is 10.8 Å². The predicted molar refractivity (Wildman–Crippen MR) is 61.6 cm³/mol. The first-order valence-electron chi connectivity index (χ1n) is 4.45. The zero-order chi connectivity index (χ0) is 11.5. The van der Waals surface area contributed by atoms with Gasteiger partial charge in [-0.25, -0.2) is 4.98 Å². The van der Waals surface area contributed by atoms with Crippen LogP contribution in [0.3, 0.4) is 0 Å². The van der Waals surface area contributed by atoms with Crippen LogP contribution >= 0.6 is 11.3 Å². The number of nitrogens with two attached hydrogens (primary N) is 2. The summed E-state index contributed by atoms with van der Waals surface area (Å²) in [5.41, 5.74) is 11.0. The Morgan fingerprint density at radius 3 is 2.75 bits per heavy atom. The molecule has 0 unspecified atom stereocenters. The number of benzene rings is 1.